The molecule has 0 spiro atoms. The fourth-order valence-corrected chi connectivity index (χ4v) is 3.14. The number of nitrogens with zero attached hydrogens (tertiary/aromatic N) is 2. The van der Waals surface area contributed by atoms with Gasteiger partial charge in [0.05, 0.1) is 11.1 Å². The summed E-state index contributed by atoms with van der Waals surface area (Å²) >= 11 is 0. The predicted octanol–water partition coefficient (Wildman–Crippen LogP) is 2.65. The van der Waals surface area contributed by atoms with Crippen molar-refractivity contribution >= 4 is 23.0 Å². The first-order valence-electron chi connectivity index (χ1n) is 7.52. The minimum atomic E-state index is 0.226. The molecule has 4 heteroatoms. The van der Waals surface area contributed by atoms with Crippen LogP contribution in [0.25, 0.3) is 10.9 Å². The topological polar surface area (TPSA) is 53.4 Å². The molecule has 0 radical (unpaired) electrons. The molecule has 110 valence electrons. The second-order valence-corrected chi connectivity index (χ2v) is 5.68. The Morgan fingerprint density at radius 1 is 1.38 bits per heavy atom. The van der Waals surface area contributed by atoms with E-state index < -0.39 is 0 Å². The van der Waals surface area contributed by atoms with Gasteiger partial charge in [0.25, 0.3) is 0 Å². The number of piperidine rings is 1. The molecule has 0 saturated carbocycles. The average molecular weight is 284 g/mol. The fraction of sp³-hybridized carbons (Fsp3) is 0.412. The zero-order valence-electron chi connectivity index (χ0n) is 12.0. The van der Waals surface area contributed by atoms with Crippen LogP contribution in [0.5, 0.6) is 0 Å². The zero-order chi connectivity index (χ0) is 14.7. The third kappa shape index (κ3) is 2.90. The number of fused-ring (bicyclic) bond motifs is 1. The van der Waals surface area contributed by atoms with Crippen LogP contribution in [0.2, 0.25) is 0 Å². The molecule has 2 aromatic rings. The number of carbonyl (C=O) groups excluding carboxylic acids is 1. The Hall–Kier alpha value is -1.94. The molecule has 1 fully saturated rings. The number of aliphatic hydroxyl groups is 1. The highest BCUT2D eigenvalue weighted by Gasteiger charge is 2.22. The monoisotopic (exact) mass is 284 g/mol. The minimum absolute atomic E-state index is 0.226. The number of anilines is 1. The van der Waals surface area contributed by atoms with Crippen LogP contribution in [0.15, 0.2) is 30.3 Å². The van der Waals surface area contributed by atoms with Crippen LogP contribution in [-0.4, -0.2) is 36.1 Å². The zero-order valence-corrected chi connectivity index (χ0v) is 12.0. The van der Waals surface area contributed by atoms with Gasteiger partial charge in [-0.05, 0) is 37.3 Å². The number of benzene rings is 1. The van der Waals surface area contributed by atoms with E-state index in [1.165, 1.54) is 0 Å². The molecule has 1 aromatic heterocycles. The number of para-hydroxylation sites is 1. The van der Waals surface area contributed by atoms with Crippen molar-refractivity contribution in [3.05, 3.63) is 35.9 Å². The summed E-state index contributed by atoms with van der Waals surface area (Å²) in [7, 11) is 0. The van der Waals surface area contributed by atoms with Gasteiger partial charge in [0, 0.05) is 25.1 Å². The van der Waals surface area contributed by atoms with Crippen LogP contribution in [0.4, 0.5) is 5.82 Å². The standard InChI is InChI=1S/C17H20N2O2/c20-9-7-13-4-3-8-19(11-13)17-15(12-21)10-14-5-1-2-6-16(14)18-17/h1-2,5-6,10,12-13,20H,3-4,7-9,11H2. The van der Waals surface area contributed by atoms with Gasteiger partial charge in [-0.15, -0.1) is 0 Å². The Kier molecular flexibility index (Phi) is 4.15. The summed E-state index contributed by atoms with van der Waals surface area (Å²) in [6.45, 7) is 2.02. The number of rotatable bonds is 4. The van der Waals surface area contributed by atoms with Gasteiger partial charge in [-0.1, -0.05) is 18.2 Å². The fourth-order valence-electron chi connectivity index (χ4n) is 3.14. The molecule has 0 aliphatic carbocycles. The SMILES string of the molecule is O=Cc1cc2ccccc2nc1N1CCCC(CCO)C1. The molecule has 0 amide bonds. The van der Waals surface area contributed by atoms with Crippen LogP contribution in [0, 0.1) is 5.92 Å². The van der Waals surface area contributed by atoms with Crippen LogP contribution in [0.1, 0.15) is 29.6 Å². The van der Waals surface area contributed by atoms with Crippen LogP contribution < -0.4 is 4.90 Å². The molecule has 2 heterocycles. The highest BCUT2D eigenvalue weighted by molar-refractivity contribution is 5.91. The van der Waals surface area contributed by atoms with Crippen molar-refractivity contribution in [1.82, 2.24) is 4.98 Å². The Bertz CT molecular complexity index is 640. The normalized spacial score (nSPS) is 18.9. The minimum Gasteiger partial charge on any atom is -0.396 e. The molecule has 1 aromatic carbocycles. The molecular weight excluding hydrogens is 264 g/mol. The predicted molar refractivity (Wildman–Crippen MR) is 83.8 cm³/mol. The van der Waals surface area contributed by atoms with E-state index >= 15 is 0 Å². The molecule has 1 aliphatic heterocycles. The largest absolute Gasteiger partial charge is 0.396 e. The number of aldehydes is 1. The van der Waals surface area contributed by atoms with E-state index in [1.807, 2.05) is 30.3 Å². The second kappa shape index (κ2) is 6.22. The van der Waals surface area contributed by atoms with Crippen LogP contribution in [-0.2, 0) is 0 Å². The summed E-state index contributed by atoms with van der Waals surface area (Å²) in [4.78, 5) is 18.3. The third-order valence-electron chi connectivity index (χ3n) is 4.22. The summed E-state index contributed by atoms with van der Waals surface area (Å²) in [6.07, 6.45) is 3.93. The third-order valence-corrected chi connectivity index (χ3v) is 4.22. The number of pyridine rings is 1. The Morgan fingerprint density at radius 3 is 3.05 bits per heavy atom. The first kappa shape index (κ1) is 14.0. The lowest BCUT2D eigenvalue weighted by Crippen LogP contribution is -2.37. The van der Waals surface area contributed by atoms with Gasteiger partial charge < -0.3 is 10.0 Å². The Balaban J connectivity index is 1.96. The highest BCUT2D eigenvalue weighted by Crippen LogP contribution is 2.27. The van der Waals surface area contributed by atoms with Crippen molar-refractivity contribution in [3.8, 4) is 0 Å². The van der Waals surface area contributed by atoms with Gasteiger partial charge in [0.15, 0.2) is 6.29 Å². The number of aliphatic hydroxyl groups excluding tert-OH is 1. The van der Waals surface area contributed by atoms with Gasteiger partial charge in [-0.2, -0.15) is 0 Å². The van der Waals surface area contributed by atoms with Gasteiger partial charge in [-0.25, -0.2) is 4.98 Å². The van der Waals surface area contributed by atoms with E-state index in [-0.39, 0.29) is 6.61 Å². The molecule has 3 rings (SSSR count). The van der Waals surface area contributed by atoms with Crippen molar-refractivity contribution in [2.75, 3.05) is 24.6 Å². The number of hydrogen-bond acceptors (Lipinski definition) is 4. The highest BCUT2D eigenvalue weighted by atomic mass is 16.3. The van der Waals surface area contributed by atoms with Crippen LogP contribution in [0.3, 0.4) is 0 Å². The van der Waals surface area contributed by atoms with Gasteiger partial charge in [0.2, 0.25) is 0 Å². The van der Waals surface area contributed by atoms with E-state index in [4.69, 9.17) is 10.1 Å². The lowest BCUT2D eigenvalue weighted by atomic mass is 9.95. The van der Waals surface area contributed by atoms with Crippen molar-refractivity contribution in [2.24, 2.45) is 5.92 Å². The maximum Gasteiger partial charge on any atom is 0.153 e. The molecule has 4 nitrogen and oxygen atoms in total. The second-order valence-electron chi connectivity index (χ2n) is 5.68. The van der Waals surface area contributed by atoms with Crippen molar-refractivity contribution in [3.63, 3.8) is 0 Å². The lowest BCUT2D eigenvalue weighted by molar-refractivity contribution is 0.112. The number of aromatic nitrogens is 1. The van der Waals surface area contributed by atoms with E-state index in [9.17, 15) is 4.79 Å². The smallest absolute Gasteiger partial charge is 0.153 e. The first-order valence-corrected chi connectivity index (χ1v) is 7.52. The van der Waals surface area contributed by atoms with Crippen molar-refractivity contribution < 1.29 is 9.90 Å². The molecule has 1 unspecified atom stereocenters. The summed E-state index contributed by atoms with van der Waals surface area (Å²) in [5.41, 5.74) is 1.57. The van der Waals surface area contributed by atoms with Crippen molar-refractivity contribution in [2.45, 2.75) is 19.3 Å². The quantitative estimate of drug-likeness (QED) is 0.877. The summed E-state index contributed by atoms with van der Waals surface area (Å²) < 4.78 is 0. The summed E-state index contributed by atoms with van der Waals surface area (Å²) in [6, 6.07) is 9.79. The first-order chi connectivity index (χ1) is 10.3. The molecule has 1 atom stereocenters. The number of hydrogen-bond donors (Lipinski definition) is 1. The Morgan fingerprint density at radius 2 is 2.24 bits per heavy atom. The molecule has 1 N–H and O–H groups in total. The average Bonchev–Trinajstić information content (AvgIpc) is 2.54. The molecular formula is C17H20N2O2. The van der Waals surface area contributed by atoms with E-state index in [0.717, 1.165) is 55.4 Å². The summed E-state index contributed by atoms with van der Waals surface area (Å²) in [5, 5.41) is 10.1. The van der Waals surface area contributed by atoms with E-state index in [1.54, 1.807) is 0 Å². The van der Waals surface area contributed by atoms with Gasteiger partial charge >= 0.3 is 0 Å². The van der Waals surface area contributed by atoms with Gasteiger partial charge in [0.1, 0.15) is 5.82 Å². The van der Waals surface area contributed by atoms with Gasteiger partial charge in [-0.3, -0.25) is 4.79 Å². The Labute approximate surface area is 124 Å². The van der Waals surface area contributed by atoms with E-state index in [2.05, 4.69) is 4.90 Å². The summed E-state index contributed by atoms with van der Waals surface area (Å²) in [5.74, 6) is 1.27. The van der Waals surface area contributed by atoms with Crippen LogP contribution >= 0.6 is 0 Å². The maximum atomic E-state index is 11.4. The molecule has 21 heavy (non-hydrogen) atoms. The lowest BCUT2D eigenvalue weighted by Gasteiger charge is -2.34. The number of carbonyl (C=O) groups is 1. The molecule has 1 saturated heterocycles. The van der Waals surface area contributed by atoms with E-state index in [0.29, 0.717) is 11.5 Å². The molecule has 1 aliphatic rings. The maximum absolute atomic E-state index is 11.4. The van der Waals surface area contributed by atoms with Crippen molar-refractivity contribution in [1.29, 1.82) is 0 Å². The molecule has 0 bridgehead atoms.